The predicted molar refractivity (Wildman–Crippen MR) is 121 cm³/mol. The minimum absolute atomic E-state index is 0.00741. The highest BCUT2D eigenvalue weighted by Crippen LogP contribution is 2.34. The van der Waals surface area contributed by atoms with E-state index in [0.29, 0.717) is 24.4 Å². The van der Waals surface area contributed by atoms with Gasteiger partial charge in [-0.15, -0.1) is 0 Å². The highest BCUT2D eigenvalue weighted by atomic mass is 16.3. The molecule has 1 aliphatic heterocycles. The van der Waals surface area contributed by atoms with Crippen molar-refractivity contribution in [1.29, 1.82) is 0 Å². The van der Waals surface area contributed by atoms with Gasteiger partial charge in [-0.1, -0.05) is 43.2 Å². The molecule has 2 amide bonds. The first-order chi connectivity index (χ1) is 15.2. The van der Waals surface area contributed by atoms with Gasteiger partial charge in [-0.25, -0.2) is 0 Å². The summed E-state index contributed by atoms with van der Waals surface area (Å²) in [5.41, 5.74) is 2.31. The molecule has 0 atom stereocenters. The SMILES string of the molecule is O=C(Nc1c(C(=O)N2CCN(c3ccccc3)CC2)oc2ccccc12)C1CCCC1. The van der Waals surface area contributed by atoms with Gasteiger partial charge in [0.2, 0.25) is 11.7 Å². The lowest BCUT2D eigenvalue weighted by Crippen LogP contribution is -2.48. The van der Waals surface area contributed by atoms with Gasteiger partial charge in [0.05, 0.1) is 0 Å². The number of furan rings is 1. The van der Waals surface area contributed by atoms with E-state index >= 15 is 0 Å². The van der Waals surface area contributed by atoms with E-state index in [4.69, 9.17) is 4.42 Å². The van der Waals surface area contributed by atoms with Gasteiger partial charge in [-0.05, 0) is 37.1 Å². The van der Waals surface area contributed by atoms with E-state index in [2.05, 4.69) is 22.3 Å². The van der Waals surface area contributed by atoms with Crippen LogP contribution in [0, 0.1) is 5.92 Å². The summed E-state index contributed by atoms with van der Waals surface area (Å²) in [6, 6.07) is 17.8. The summed E-state index contributed by atoms with van der Waals surface area (Å²) >= 11 is 0. The van der Waals surface area contributed by atoms with Crippen LogP contribution in [0.25, 0.3) is 11.0 Å². The topological polar surface area (TPSA) is 65.8 Å². The van der Waals surface area contributed by atoms with Crippen molar-refractivity contribution < 1.29 is 14.0 Å². The third kappa shape index (κ3) is 3.90. The van der Waals surface area contributed by atoms with Crippen LogP contribution in [0.3, 0.4) is 0 Å². The Morgan fingerprint density at radius 3 is 2.29 bits per heavy atom. The number of rotatable bonds is 4. The maximum Gasteiger partial charge on any atom is 0.291 e. The molecule has 2 aromatic carbocycles. The van der Waals surface area contributed by atoms with Crippen LogP contribution < -0.4 is 10.2 Å². The Morgan fingerprint density at radius 1 is 0.871 bits per heavy atom. The monoisotopic (exact) mass is 417 g/mol. The number of amides is 2. The Bertz CT molecular complexity index is 1080. The molecule has 2 fully saturated rings. The van der Waals surface area contributed by atoms with Gasteiger partial charge in [0.1, 0.15) is 11.3 Å². The maximum absolute atomic E-state index is 13.4. The van der Waals surface area contributed by atoms with E-state index in [9.17, 15) is 9.59 Å². The number of anilines is 2. The standard InChI is InChI=1S/C25H27N3O3/c29-24(18-8-4-5-9-18)26-22-20-12-6-7-13-21(20)31-23(22)25(30)28-16-14-27(15-17-28)19-10-2-1-3-11-19/h1-3,6-7,10-13,18H,4-5,8-9,14-17H2,(H,26,29). The molecular weight excluding hydrogens is 390 g/mol. The molecule has 2 heterocycles. The lowest BCUT2D eigenvalue weighted by molar-refractivity contribution is -0.119. The number of piperazine rings is 1. The van der Waals surface area contributed by atoms with E-state index < -0.39 is 0 Å². The average Bonchev–Trinajstić information content (AvgIpc) is 3.48. The molecule has 6 nitrogen and oxygen atoms in total. The van der Waals surface area contributed by atoms with E-state index in [-0.39, 0.29) is 23.5 Å². The number of para-hydroxylation sites is 2. The molecule has 3 aromatic rings. The normalized spacial score (nSPS) is 17.3. The van der Waals surface area contributed by atoms with Gasteiger partial charge in [-0.2, -0.15) is 0 Å². The minimum atomic E-state index is -0.161. The summed E-state index contributed by atoms with van der Waals surface area (Å²) in [5, 5.41) is 3.82. The highest BCUT2D eigenvalue weighted by molar-refractivity contribution is 6.11. The Labute approximate surface area is 181 Å². The first-order valence-corrected chi connectivity index (χ1v) is 11.1. The van der Waals surface area contributed by atoms with Crippen LogP contribution in [0.5, 0.6) is 0 Å². The average molecular weight is 418 g/mol. The number of hydrogen-bond acceptors (Lipinski definition) is 4. The van der Waals surface area contributed by atoms with Crippen molar-refractivity contribution >= 4 is 34.2 Å². The number of nitrogens with zero attached hydrogens (tertiary/aromatic N) is 2. The number of hydrogen-bond donors (Lipinski definition) is 1. The first kappa shape index (κ1) is 19.7. The first-order valence-electron chi connectivity index (χ1n) is 11.1. The zero-order valence-corrected chi connectivity index (χ0v) is 17.5. The molecule has 5 rings (SSSR count). The third-order valence-electron chi connectivity index (χ3n) is 6.45. The third-order valence-corrected chi connectivity index (χ3v) is 6.45. The summed E-state index contributed by atoms with van der Waals surface area (Å²) in [5.74, 6) is 0.0874. The quantitative estimate of drug-likeness (QED) is 0.678. The molecular formula is C25H27N3O3. The van der Waals surface area contributed by atoms with Crippen LogP contribution in [-0.4, -0.2) is 42.9 Å². The summed E-state index contributed by atoms with van der Waals surface area (Å²) in [6.07, 6.45) is 3.99. The molecule has 31 heavy (non-hydrogen) atoms. The number of benzene rings is 2. The van der Waals surface area contributed by atoms with Gasteiger partial charge in [0.25, 0.3) is 5.91 Å². The molecule has 0 spiro atoms. The second-order valence-corrected chi connectivity index (χ2v) is 8.39. The second kappa shape index (κ2) is 8.46. The van der Waals surface area contributed by atoms with E-state index in [1.165, 1.54) is 5.69 Å². The lowest BCUT2D eigenvalue weighted by Gasteiger charge is -2.35. The molecule has 1 saturated carbocycles. The van der Waals surface area contributed by atoms with Crippen molar-refractivity contribution in [2.24, 2.45) is 5.92 Å². The van der Waals surface area contributed by atoms with Crippen LogP contribution in [0.1, 0.15) is 36.2 Å². The fourth-order valence-electron chi connectivity index (χ4n) is 4.68. The molecule has 0 bridgehead atoms. The van der Waals surface area contributed by atoms with Crippen LogP contribution >= 0.6 is 0 Å². The Morgan fingerprint density at radius 2 is 1.55 bits per heavy atom. The molecule has 6 heteroatoms. The van der Waals surface area contributed by atoms with Crippen molar-refractivity contribution in [3.05, 3.63) is 60.4 Å². The fourth-order valence-corrected chi connectivity index (χ4v) is 4.68. The maximum atomic E-state index is 13.4. The van der Waals surface area contributed by atoms with Crippen molar-refractivity contribution in [3.63, 3.8) is 0 Å². The highest BCUT2D eigenvalue weighted by Gasteiger charge is 2.30. The summed E-state index contributed by atoms with van der Waals surface area (Å²) < 4.78 is 5.97. The second-order valence-electron chi connectivity index (χ2n) is 8.39. The number of nitrogens with one attached hydrogen (secondary N) is 1. The smallest absolute Gasteiger partial charge is 0.291 e. The van der Waals surface area contributed by atoms with Crippen molar-refractivity contribution in [2.75, 3.05) is 36.4 Å². The van der Waals surface area contributed by atoms with E-state index in [0.717, 1.165) is 44.2 Å². The van der Waals surface area contributed by atoms with Crippen molar-refractivity contribution in [3.8, 4) is 0 Å². The number of fused-ring (bicyclic) bond motifs is 1. The van der Waals surface area contributed by atoms with Gasteiger partial charge in [0, 0.05) is 43.2 Å². The lowest BCUT2D eigenvalue weighted by atomic mass is 10.1. The fraction of sp³-hybridized carbons (Fsp3) is 0.360. The summed E-state index contributed by atoms with van der Waals surface area (Å²) in [4.78, 5) is 30.3. The van der Waals surface area contributed by atoms with Crippen molar-refractivity contribution in [1.82, 2.24) is 4.90 Å². The Balaban J connectivity index is 1.37. The minimum Gasteiger partial charge on any atom is -0.449 e. The molecule has 0 unspecified atom stereocenters. The zero-order chi connectivity index (χ0) is 21.2. The molecule has 1 aromatic heterocycles. The van der Waals surface area contributed by atoms with Crippen LogP contribution in [0.15, 0.2) is 59.0 Å². The van der Waals surface area contributed by atoms with Gasteiger partial charge >= 0.3 is 0 Å². The molecule has 0 radical (unpaired) electrons. The molecule has 160 valence electrons. The summed E-state index contributed by atoms with van der Waals surface area (Å²) in [7, 11) is 0. The van der Waals surface area contributed by atoms with Crippen LogP contribution in [0.2, 0.25) is 0 Å². The molecule has 1 saturated heterocycles. The number of carbonyl (C=O) groups is 2. The van der Waals surface area contributed by atoms with Gasteiger partial charge < -0.3 is 19.5 Å². The molecule has 1 aliphatic carbocycles. The predicted octanol–water partition coefficient (Wildman–Crippen LogP) is 4.52. The van der Waals surface area contributed by atoms with E-state index in [1.54, 1.807) is 0 Å². The van der Waals surface area contributed by atoms with Crippen molar-refractivity contribution in [2.45, 2.75) is 25.7 Å². The molecule has 1 N–H and O–H groups in total. The van der Waals surface area contributed by atoms with Crippen LogP contribution in [0.4, 0.5) is 11.4 Å². The number of carbonyl (C=O) groups excluding carboxylic acids is 2. The Hall–Kier alpha value is -3.28. The van der Waals surface area contributed by atoms with Crippen LogP contribution in [-0.2, 0) is 4.79 Å². The summed E-state index contributed by atoms with van der Waals surface area (Å²) in [6.45, 7) is 2.75. The van der Waals surface area contributed by atoms with Gasteiger partial charge in [0.15, 0.2) is 0 Å². The van der Waals surface area contributed by atoms with Gasteiger partial charge in [-0.3, -0.25) is 9.59 Å². The molecule has 2 aliphatic rings. The van der Waals surface area contributed by atoms with E-state index in [1.807, 2.05) is 47.4 Å². The Kier molecular flexibility index (Phi) is 5.37. The zero-order valence-electron chi connectivity index (χ0n) is 17.5. The largest absolute Gasteiger partial charge is 0.449 e.